The zero-order chi connectivity index (χ0) is 21.9. The predicted octanol–water partition coefficient (Wildman–Crippen LogP) is 4.88. The monoisotopic (exact) mass is 420 g/mol. The molecule has 1 aliphatic heterocycles. The van der Waals surface area contributed by atoms with Gasteiger partial charge in [0.15, 0.2) is 0 Å². The van der Waals surface area contributed by atoms with Gasteiger partial charge >= 0.3 is 0 Å². The first-order valence-corrected chi connectivity index (χ1v) is 11.6. The zero-order valence-electron chi connectivity index (χ0n) is 19.3. The van der Waals surface area contributed by atoms with Crippen molar-refractivity contribution in [1.82, 2.24) is 9.80 Å². The molecular formula is C27H36N2O2. The predicted molar refractivity (Wildman–Crippen MR) is 125 cm³/mol. The van der Waals surface area contributed by atoms with Crippen LogP contribution < -0.4 is 4.74 Å². The van der Waals surface area contributed by atoms with Gasteiger partial charge in [0, 0.05) is 25.0 Å². The average molecular weight is 421 g/mol. The zero-order valence-corrected chi connectivity index (χ0v) is 19.3. The van der Waals surface area contributed by atoms with Gasteiger partial charge in [0.2, 0.25) is 5.91 Å². The molecule has 0 aromatic heterocycles. The van der Waals surface area contributed by atoms with E-state index in [1.165, 1.54) is 18.4 Å². The first kappa shape index (κ1) is 21.9. The second-order valence-electron chi connectivity index (χ2n) is 9.67. The van der Waals surface area contributed by atoms with Crippen LogP contribution in [0, 0.1) is 5.41 Å². The lowest BCUT2D eigenvalue weighted by molar-refractivity contribution is -0.130. The molecule has 0 unspecified atom stereocenters. The molecule has 2 aromatic carbocycles. The molecule has 0 bridgehead atoms. The number of nitrogens with zero attached hydrogens (tertiary/aromatic N) is 2. The van der Waals surface area contributed by atoms with Crippen LogP contribution in [0.1, 0.15) is 49.7 Å². The molecule has 1 saturated heterocycles. The third-order valence-corrected chi connectivity index (χ3v) is 7.90. The van der Waals surface area contributed by atoms with Crippen molar-refractivity contribution in [3.63, 3.8) is 0 Å². The largest absolute Gasteiger partial charge is 0.496 e. The van der Waals surface area contributed by atoms with E-state index in [-0.39, 0.29) is 11.4 Å². The van der Waals surface area contributed by atoms with Crippen LogP contribution in [0.2, 0.25) is 0 Å². The van der Waals surface area contributed by atoms with Crippen LogP contribution in [-0.4, -0.2) is 50.0 Å². The SMILES string of the molecule is COc1ccccc1CCC(=O)N1CCC2(CCC(c3ccccc3)(N(C)C)CC2)C1. The Morgan fingerprint density at radius 3 is 2.32 bits per heavy atom. The van der Waals surface area contributed by atoms with Crippen molar-refractivity contribution in [2.75, 3.05) is 34.3 Å². The second kappa shape index (κ2) is 9.04. The second-order valence-corrected chi connectivity index (χ2v) is 9.67. The number of methoxy groups -OCH3 is 1. The van der Waals surface area contributed by atoms with Crippen molar-refractivity contribution in [1.29, 1.82) is 0 Å². The van der Waals surface area contributed by atoms with Crippen molar-refractivity contribution < 1.29 is 9.53 Å². The smallest absolute Gasteiger partial charge is 0.222 e. The Hall–Kier alpha value is -2.33. The van der Waals surface area contributed by atoms with E-state index in [1.54, 1.807) is 7.11 Å². The number of carbonyl (C=O) groups excluding carboxylic acids is 1. The summed E-state index contributed by atoms with van der Waals surface area (Å²) in [5.74, 6) is 1.16. The number of hydrogen-bond donors (Lipinski definition) is 0. The fourth-order valence-corrected chi connectivity index (χ4v) is 5.80. The first-order chi connectivity index (χ1) is 15.0. The van der Waals surface area contributed by atoms with Gasteiger partial charge in [-0.25, -0.2) is 0 Å². The molecule has 1 spiro atoms. The molecule has 0 N–H and O–H groups in total. The van der Waals surface area contributed by atoms with Crippen molar-refractivity contribution in [3.8, 4) is 5.75 Å². The third-order valence-electron chi connectivity index (χ3n) is 7.90. The summed E-state index contributed by atoms with van der Waals surface area (Å²) in [7, 11) is 6.12. The first-order valence-electron chi connectivity index (χ1n) is 11.6. The number of para-hydroxylation sites is 1. The highest BCUT2D eigenvalue weighted by Crippen LogP contribution is 2.51. The van der Waals surface area contributed by atoms with Crippen LogP contribution in [0.15, 0.2) is 54.6 Å². The van der Waals surface area contributed by atoms with Gasteiger partial charge in [-0.05, 0) is 75.2 Å². The molecule has 166 valence electrons. The molecule has 2 aliphatic rings. The van der Waals surface area contributed by atoms with E-state index >= 15 is 0 Å². The molecule has 31 heavy (non-hydrogen) atoms. The number of ether oxygens (including phenoxy) is 1. The number of rotatable bonds is 6. The van der Waals surface area contributed by atoms with Crippen molar-refractivity contribution in [3.05, 3.63) is 65.7 Å². The number of likely N-dealkylation sites (tertiary alicyclic amines) is 1. The van der Waals surface area contributed by atoms with E-state index in [0.717, 1.165) is 50.1 Å². The maximum atomic E-state index is 13.0. The Kier molecular flexibility index (Phi) is 6.38. The Bertz CT molecular complexity index is 885. The standard InChI is InChI=1S/C27H36N2O2/c1-28(2)27(23-10-5-4-6-11-23)17-15-26(16-18-27)19-20-29(21-26)25(30)14-13-22-9-7-8-12-24(22)31-3/h4-12H,13-21H2,1-3H3. The van der Waals surface area contributed by atoms with Gasteiger partial charge in [0.1, 0.15) is 5.75 Å². The molecule has 0 atom stereocenters. The normalized spacial score (nSPS) is 25.9. The number of amides is 1. The van der Waals surface area contributed by atoms with Crippen LogP contribution in [0.5, 0.6) is 5.75 Å². The number of carbonyl (C=O) groups is 1. The summed E-state index contributed by atoms with van der Waals surface area (Å²) in [6, 6.07) is 19.0. The number of aryl methyl sites for hydroxylation is 1. The summed E-state index contributed by atoms with van der Waals surface area (Å²) in [4.78, 5) is 17.5. The van der Waals surface area contributed by atoms with Gasteiger partial charge < -0.3 is 9.64 Å². The summed E-state index contributed by atoms with van der Waals surface area (Å²) < 4.78 is 5.44. The Balaban J connectivity index is 1.37. The average Bonchev–Trinajstić information content (AvgIpc) is 3.22. The lowest BCUT2D eigenvalue weighted by Gasteiger charge is -2.49. The highest BCUT2D eigenvalue weighted by Gasteiger charge is 2.48. The van der Waals surface area contributed by atoms with Gasteiger partial charge in [-0.3, -0.25) is 9.69 Å². The van der Waals surface area contributed by atoms with E-state index in [1.807, 2.05) is 18.2 Å². The summed E-state index contributed by atoms with van der Waals surface area (Å²) in [5.41, 5.74) is 2.96. The van der Waals surface area contributed by atoms with Crippen LogP contribution in [-0.2, 0) is 16.8 Å². The molecule has 1 aliphatic carbocycles. The lowest BCUT2D eigenvalue weighted by atomic mass is 9.64. The van der Waals surface area contributed by atoms with E-state index in [0.29, 0.717) is 11.8 Å². The third kappa shape index (κ3) is 4.36. The summed E-state index contributed by atoms with van der Waals surface area (Å²) in [5, 5.41) is 0. The lowest BCUT2D eigenvalue weighted by Crippen LogP contribution is -2.47. The molecule has 1 saturated carbocycles. The molecular weight excluding hydrogens is 384 g/mol. The van der Waals surface area contributed by atoms with E-state index in [9.17, 15) is 4.79 Å². The molecule has 4 heteroatoms. The molecule has 1 amide bonds. The molecule has 4 nitrogen and oxygen atoms in total. The maximum absolute atomic E-state index is 13.0. The minimum Gasteiger partial charge on any atom is -0.496 e. The topological polar surface area (TPSA) is 32.8 Å². The summed E-state index contributed by atoms with van der Waals surface area (Å²) in [6.07, 6.45) is 7.14. The van der Waals surface area contributed by atoms with Crippen LogP contribution >= 0.6 is 0 Å². The van der Waals surface area contributed by atoms with Gasteiger partial charge in [-0.2, -0.15) is 0 Å². The van der Waals surface area contributed by atoms with E-state index in [4.69, 9.17) is 4.74 Å². The Morgan fingerprint density at radius 2 is 1.65 bits per heavy atom. The Morgan fingerprint density at radius 1 is 0.968 bits per heavy atom. The quantitative estimate of drug-likeness (QED) is 0.668. The van der Waals surface area contributed by atoms with Crippen LogP contribution in [0.3, 0.4) is 0 Å². The highest BCUT2D eigenvalue weighted by atomic mass is 16.5. The Labute approximate surface area is 187 Å². The minimum absolute atomic E-state index is 0.119. The van der Waals surface area contributed by atoms with E-state index < -0.39 is 0 Å². The molecule has 1 heterocycles. The highest BCUT2D eigenvalue weighted by molar-refractivity contribution is 5.77. The van der Waals surface area contributed by atoms with Crippen molar-refractivity contribution >= 4 is 5.91 Å². The molecule has 4 rings (SSSR count). The van der Waals surface area contributed by atoms with Crippen molar-refractivity contribution in [2.24, 2.45) is 5.41 Å². The maximum Gasteiger partial charge on any atom is 0.222 e. The summed E-state index contributed by atoms with van der Waals surface area (Å²) >= 11 is 0. The van der Waals surface area contributed by atoms with Gasteiger partial charge in [0.05, 0.1) is 7.11 Å². The van der Waals surface area contributed by atoms with Gasteiger partial charge in [0.25, 0.3) is 0 Å². The summed E-state index contributed by atoms with van der Waals surface area (Å²) in [6.45, 7) is 1.83. The fourth-order valence-electron chi connectivity index (χ4n) is 5.80. The molecule has 0 radical (unpaired) electrons. The number of benzene rings is 2. The number of hydrogen-bond acceptors (Lipinski definition) is 3. The van der Waals surface area contributed by atoms with Crippen molar-refractivity contribution in [2.45, 2.75) is 50.5 Å². The van der Waals surface area contributed by atoms with Gasteiger partial charge in [-0.15, -0.1) is 0 Å². The minimum atomic E-state index is 0.119. The fraction of sp³-hybridized carbons (Fsp3) is 0.519. The molecule has 2 aromatic rings. The van der Waals surface area contributed by atoms with E-state index in [2.05, 4.69) is 60.3 Å². The van der Waals surface area contributed by atoms with Crippen LogP contribution in [0.25, 0.3) is 0 Å². The van der Waals surface area contributed by atoms with Crippen LogP contribution in [0.4, 0.5) is 0 Å². The molecule has 2 fully saturated rings. The van der Waals surface area contributed by atoms with Gasteiger partial charge in [-0.1, -0.05) is 48.5 Å².